The van der Waals surface area contributed by atoms with Crippen molar-refractivity contribution in [3.63, 3.8) is 0 Å². The van der Waals surface area contributed by atoms with Crippen molar-refractivity contribution in [2.45, 2.75) is 38.3 Å². The van der Waals surface area contributed by atoms with Crippen molar-refractivity contribution >= 4 is 52.4 Å². The Labute approximate surface area is 178 Å². The molecule has 0 atom stereocenters. The molecule has 0 heterocycles. The van der Waals surface area contributed by atoms with Crippen LogP contribution in [0.4, 0.5) is 10.5 Å². The molecule has 0 radical (unpaired) electrons. The molecule has 2 aromatic carbocycles. The minimum atomic E-state index is -0.698. The van der Waals surface area contributed by atoms with E-state index in [-0.39, 0.29) is 11.9 Å². The van der Waals surface area contributed by atoms with Crippen LogP contribution in [0.15, 0.2) is 36.4 Å². The first-order chi connectivity index (χ1) is 13.2. The van der Waals surface area contributed by atoms with E-state index in [1.54, 1.807) is 36.4 Å². The maximum Gasteiger partial charge on any atom is 0.319 e. The van der Waals surface area contributed by atoms with Crippen molar-refractivity contribution in [3.8, 4) is 0 Å². The number of nitrogens with one attached hydrogen (secondary N) is 3. The molecule has 148 valence electrons. The Hall–Kier alpha value is -1.95. The summed E-state index contributed by atoms with van der Waals surface area (Å²) in [5, 5.41) is 9.71. The first-order valence-corrected chi connectivity index (χ1v) is 9.94. The molecule has 8 heteroatoms. The molecule has 0 saturated heterocycles. The van der Waals surface area contributed by atoms with Crippen LogP contribution < -0.4 is 16.0 Å². The van der Waals surface area contributed by atoms with Gasteiger partial charge >= 0.3 is 6.03 Å². The Bertz CT molecular complexity index is 927. The van der Waals surface area contributed by atoms with Crippen molar-refractivity contribution in [3.05, 3.63) is 62.6 Å². The predicted molar refractivity (Wildman–Crippen MR) is 114 cm³/mol. The maximum atomic E-state index is 12.5. The summed E-state index contributed by atoms with van der Waals surface area (Å²) in [5.41, 5.74) is 0.900. The average molecular weight is 441 g/mol. The minimum Gasteiger partial charge on any atom is -0.349 e. The fourth-order valence-electron chi connectivity index (χ4n) is 2.67. The molecule has 3 N–H and O–H groups in total. The third kappa shape index (κ3) is 5.10. The summed E-state index contributed by atoms with van der Waals surface area (Å²) in [6.45, 7) is 3.70. The van der Waals surface area contributed by atoms with Crippen molar-refractivity contribution in [2.24, 2.45) is 0 Å². The molecule has 1 aliphatic rings. The summed E-state index contributed by atoms with van der Waals surface area (Å²) in [5.74, 6) is -0.243. The Morgan fingerprint density at radius 2 is 1.64 bits per heavy atom. The molecule has 0 unspecified atom stereocenters. The summed E-state index contributed by atoms with van der Waals surface area (Å²) in [4.78, 5) is 24.8. The zero-order valence-electron chi connectivity index (χ0n) is 15.4. The monoisotopic (exact) mass is 439 g/mol. The fourth-order valence-corrected chi connectivity index (χ4v) is 3.17. The topological polar surface area (TPSA) is 70.2 Å². The lowest BCUT2D eigenvalue weighted by Gasteiger charge is -2.27. The summed E-state index contributed by atoms with van der Waals surface area (Å²) in [7, 11) is 0. The number of hydrogen-bond donors (Lipinski definition) is 3. The van der Waals surface area contributed by atoms with E-state index in [1.165, 1.54) is 0 Å². The second kappa shape index (κ2) is 8.19. The van der Waals surface area contributed by atoms with E-state index in [0.29, 0.717) is 26.3 Å². The van der Waals surface area contributed by atoms with Gasteiger partial charge in [-0.3, -0.25) is 4.79 Å². The molecule has 1 fully saturated rings. The highest BCUT2D eigenvalue weighted by Crippen LogP contribution is 2.29. The summed E-state index contributed by atoms with van der Waals surface area (Å²) >= 11 is 18.2. The lowest BCUT2D eigenvalue weighted by molar-refractivity contribution is 0.0951. The van der Waals surface area contributed by atoms with Crippen LogP contribution in [0.1, 0.15) is 42.6 Å². The lowest BCUT2D eigenvalue weighted by atomic mass is 9.94. The van der Waals surface area contributed by atoms with Crippen molar-refractivity contribution in [1.29, 1.82) is 0 Å². The number of hydrogen-bond acceptors (Lipinski definition) is 2. The van der Waals surface area contributed by atoms with Crippen LogP contribution in [0.5, 0.6) is 0 Å². The van der Waals surface area contributed by atoms with E-state index in [1.807, 2.05) is 13.8 Å². The molecule has 0 aliphatic heterocycles. The summed E-state index contributed by atoms with van der Waals surface area (Å²) < 4.78 is 0. The van der Waals surface area contributed by atoms with Crippen molar-refractivity contribution < 1.29 is 9.59 Å². The third-order valence-electron chi connectivity index (χ3n) is 4.45. The van der Waals surface area contributed by atoms with Crippen LogP contribution in [0.2, 0.25) is 15.1 Å². The molecule has 0 aromatic heterocycles. The van der Waals surface area contributed by atoms with Gasteiger partial charge in [-0.1, -0.05) is 40.9 Å². The largest absolute Gasteiger partial charge is 0.349 e. The van der Waals surface area contributed by atoms with Gasteiger partial charge in [0, 0.05) is 11.7 Å². The molecular formula is C20H20Cl3N3O2. The highest BCUT2D eigenvalue weighted by atomic mass is 35.5. The smallest absolute Gasteiger partial charge is 0.319 e. The van der Waals surface area contributed by atoms with Crippen molar-refractivity contribution in [2.75, 3.05) is 5.32 Å². The van der Waals surface area contributed by atoms with E-state index in [0.717, 1.165) is 18.4 Å². The molecule has 0 bridgehead atoms. The molecule has 1 saturated carbocycles. The molecule has 3 amide bonds. The normalized spacial score (nSPS) is 13.8. The Morgan fingerprint density at radius 3 is 2.29 bits per heavy atom. The average Bonchev–Trinajstić information content (AvgIpc) is 3.42. The SMILES string of the molecule is CC(C)(NC(=O)Nc1ccc(Cl)c(C(=O)NC2CC2)c1)c1ccc(Cl)c(Cl)c1. The minimum absolute atomic E-state index is 0.218. The van der Waals surface area contributed by atoms with Crippen LogP contribution in [0, 0.1) is 0 Å². The number of rotatable bonds is 5. The lowest BCUT2D eigenvalue weighted by Crippen LogP contribution is -2.43. The van der Waals surface area contributed by atoms with Gasteiger partial charge in [-0.2, -0.15) is 0 Å². The van der Waals surface area contributed by atoms with Gasteiger partial charge in [-0.15, -0.1) is 0 Å². The van der Waals surface area contributed by atoms with E-state index in [4.69, 9.17) is 34.8 Å². The van der Waals surface area contributed by atoms with Gasteiger partial charge in [-0.25, -0.2) is 4.79 Å². The number of carbonyl (C=O) groups excluding carboxylic acids is 2. The quantitative estimate of drug-likeness (QED) is 0.566. The fraction of sp³-hybridized carbons (Fsp3) is 0.300. The maximum absolute atomic E-state index is 12.5. The van der Waals surface area contributed by atoms with Crippen LogP contribution >= 0.6 is 34.8 Å². The van der Waals surface area contributed by atoms with Crippen LogP contribution in [-0.2, 0) is 5.54 Å². The number of benzene rings is 2. The highest BCUT2D eigenvalue weighted by Gasteiger charge is 2.26. The van der Waals surface area contributed by atoms with Gasteiger partial charge in [0.2, 0.25) is 0 Å². The number of carbonyl (C=O) groups is 2. The third-order valence-corrected chi connectivity index (χ3v) is 5.52. The van der Waals surface area contributed by atoms with Crippen LogP contribution in [-0.4, -0.2) is 18.0 Å². The van der Waals surface area contributed by atoms with E-state index < -0.39 is 11.6 Å². The number of anilines is 1. The molecule has 5 nitrogen and oxygen atoms in total. The Morgan fingerprint density at radius 1 is 0.964 bits per heavy atom. The second-order valence-corrected chi connectivity index (χ2v) is 8.50. The van der Waals surface area contributed by atoms with E-state index in [9.17, 15) is 9.59 Å². The molecule has 0 spiro atoms. The standard InChI is InChI=1S/C20H20Cl3N3O2/c1-20(2,11-3-7-16(22)17(23)9-11)26-19(28)25-13-6-8-15(21)14(10-13)18(27)24-12-4-5-12/h3,6-10,12H,4-5H2,1-2H3,(H,24,27)(H2,25,26,28). The van der Waals surface area contributed by atoms with E-state index >= 15 is 0 Å². The zero-order chi connectivity index (χ0) is 20.5. The number of urea groups is 1. The first kappa shape index (κ1) is 20.8. The van der Waals surface area contributed by atoms with Gasteiger partial charge in [0.05, 0.1) is 26.2 Å². The predicted octanol–water partition coefficient (Wildman–Crippen LogP) is 5.60. The first-order valence-electron chi connectivity index (χ1n) is 8.81. The summed E-state index contributed by atoms with van der Waals surface area (Å²) in [6, 6.07) is 9.79. The molecule has 1 aliphatic carbocycles. The van der Waals surface area contributed by atoms with Gasteiger partial charge in [0.25, 0.3) is 5.91 Å². The molecule has 2 aromatic rings. The molecule has 3 rings (SSSR count). The number of amides is 3. The van der Waals surface area contributed by atoms with Crippen LogP contribution in [0.25, 0.3) is 0 Å². The molecular weight excluding hydrogens is 421 g/mol. The Kier molecular flexibility index (Phi) is 6.08. The molecule has 28 heavy (non-hydrogen) atoms. The van der Waals surface area contributed by atoms with Gasteiger partial charge < -0.3 is 16.0 Å². The van der Waals surface area contributed by atoms with Crippen LogP contribution in [0.3, 0.4) is 0 Å². The van der Waals surface area contributed by atoms with E-state index in [2.05, 4.69) is 16.0 Å². The zero-order valence-corrected chi connectivity index (χ0v) is 17.7. The van der Waals surface area contributed by atoms with Gasteiger partial charge in [0.15, 0.2) is 0 Å². The Balaban J connectivity index is 1.69. The van der Waals surface area contributed by atoms with Gasteiger partial charge in [-0.05, 0) is 62.6 Å². The number of halogens is 3. The van der Waals surface area contributed by atoms with Crippen molar-refractivity contribution in [1.82, 2.24) is 10.6 Å². The second-order valence-electron chi connectivity index (χ2n) is 7.28. The van der Waals surface area contributed by atoms with Gasteiger partial charge in [0.1, 0.15) is 0 Å². The highest BCUT2D eigenvalue weighted by molar-refractivity contribution is 6.42. The summed E-state index contributed by atoms with van der Waals surface area (Å²) in [6.07, 6.45) is 1.96.